The third-order valence-corrected chi connectivity index (χ3v) is 4.80. The van der Waals surface area contributed by atoms with Gasteiger partial charge in [-0.3, -0.25) is 9.69 Å². The average molecular weight is 318 g/mol. The molecule has 1 aromatic carbocycles. The molecule has 23 heavy (non-hydrogen) atoms. The highest BCUT2D eigenvalue weighted by Crippen LogP contribution is 2.23. The molecule has 4 nitrogen and oxygen atoms in total. The van der Waals surface area contributed by atoms with Gasteiger partial charge in [-0.25, -0.2) is 0 Å². The van der Waals surface area contributed by atoms with E-state index < -0.39 is 0 Å². The minimum Gasteiger partial charge on any atom is -0.496 e. The predicted molar refractivity (Wildman–Crippen MR) is 93.7 cm³/mol. The molecule has 0 aliphatic carbocycles. The molecule has 0 aromatic heterocycles. The summed E-state index contributed by atoms with van der Waals surface area (Å²) < 4.78 is 5.33. The van der Waals surface area contributed by atoms with Crippen LogP contribution in [0.2, 0.25) is 0 Å². The Balaban J connectivity index is 1.98. The molecule has 0 saturated carbocycles. The maximum atomic E-state index is 12.6. The summed E-state index contributed by atoms with van der Waals surface area (Å²) >= 11 is 0. The first-order chi connectivity index (χ1) is 11.1. The van der Waals surface area contributed by atoms with Crippen LogP contribution in [-0.2, 0) is 11.3 Å². The molecule has 1 aromatic rings. The summed E-state index contributed by atoms with van der Waals surface area (Å²) in [5, 5.41) is 0. The number of likely N-dealkylation sites (tertiary alicyclic amines) is 1. The molecule has 1 heterocycles. The van der Waals surface area contributed by atoms with Crippen LogP contribution in [0.25, 0.3) is 0 Å². The van der Waals surface area contributed by atoms with Crippen molar-refractivity contribution in [1.29, 1.82) is 0 Å². The zero-order valence-electron chi connectivity index (χ0n) is 15.0. The fourth-order valence-corrected chi connectivity index (χ4v) is 3.49. The second kappa shape index (κ2) is 8.34. The van der Waals surface area contributed by atoms with Crippen LogP contribution in [-0.4, -0.2) is 49.0 Å². The first kappa shape index (κ1) is 17.8. The third-order valence-electron chi connectivity index (χ3n) is 4.80. The lowest BCUT2D eigenvalue weighted by molar-refractivity contribution is -0.137. The average Bonchev–Trinajstić information content (AvgIpc) is 2.56. The van der Waals surface area contributed by atoms with Crippen LogP contribution in [0.5, 0.6) is 5.75 Å². The van der Waals surface area contributed by atoms with E-state index in [1.165, 1.54) is 5.56 Å². The van der Waals surface area contributed by atoms with Gasteiger partial charge in [0, 0.05) is 26.2 Å². The zero-order valence-corrected chi connectivity index (χ0v) is 15.0. The number of piperidine rings is 1. The van der Waals surface area contributed by atoms with Crippen molar-refractivity contribution in [2.45, 2.75) is 40.2 Å². The second-order valence-electron chi connectivity index (χ2n) is 6.39. The van der Waals surface area contributed by atoms with E-state index in [1.807, 2.05) is 11.0 Å². The van der Waals surface area contributed by atoms with E-state index in [1.54, 1.807) is 7.11 Å². The number of nitrogens with zero attached hydrogens (tertiary/aromatic N) is 2. The Kier molecular flexibility index (Phi) is 6.46. The Bertz CT molecular complexity index is 526. The highest BCUT2D eigenvalue weighted by molar-refractivity contribution is 5.79. The molecule has 0 bridgehead atoms. The molecule has 1 amide bonds. The van der Waals surface area contributed by atoms with Crippen LogP contribution < -0.4 is 4.74 Å². The van der Waals surface area contributed by atoms with Crippen LogP contribution in [0, 0.1) is 12.8 Å². The summed E-state index contributed by atoms with van der Waals surface area (Å²) in [4.78, 5) is 17.0. The van der Waals surface area contributed by atoms with Crippen LogP contribution in [0.15, 0.2) is 18.2 Å². The third kappa shape index (κ3) is 4.47. The molecule has 4 heteroatoms. The summed E-state index contributed by atoms with van der Waals surface area (Å²) in [5.74, 6) is 1.41. The van der Waals surface area contributed by atoms with E-state index in [-0.39, 0.29) is 5.92 Å². The van der Waals surface area contributed by atoms with Crippen molar-refractivity contribution in [3.8, 4) is 5.75 Å². The molecule has 0 spiro atoms. The summed E-state index contributed by atoms with van der Waals surface area (Å²) in [5.41, 5.74) is 2.46. The number of amides is 1. The van der Waals surface area contributed by atoms with Crippen molar-refractivity contribution < 1.29 is 9.53 Å². The number of ether oxygens (including phenoxy) is 1. The van der Waals surface area contributed by atoms with Gasteiger partial charge >= 0.3 is 0 Å². The number of hydrogen-bond acceptors (Lipinski definition) is 3. The van der Waals surface area contributed by atoms with Crippen LogP contribution >= 0.6 is 0 Å². The van der Waals surface area contributed by atoms with Gasteiger partial charge < -0.3 is 9.64 Å². The molecule has 1 aliphatic heterocycles. The van der Waals surface area contributed by atoms with Gasteiger partial charge in [0.25, 0.3) is 0 Å². The van der Waals surface area contributed by atoms with E-state index in [9.17, 15) is 4.79 Å². The van der Waals surface area contributed by atoms with Gasteiger partial charge in [0.2, 0.25) is 5.91 Å². The van der Waals surface area contributed by atoms with Crippen LogP contribution in [0.4, 0.5) is 0 Å². The smallest absolute Gasteiger partial charge is 0.226 e. The number of carbonyl (C=O) groups excluding carboxylic acids is 1. The molecule has 1 aliphatic rings. The van der Waals surface area contributed by atoms with E-state index in [0.717, 1.165) is 56.9 Å². The lowest BCUT2D eigenvalue weighted by Crippen LogP contribution is -2.44. The monoisotopic (exact) mass is 318 g/mol. The summed E-state index contributed by atoms with van der Waals surface area (Å²) in [7, 11) is 1.70. The maximum Gasteiger partial charge on any atom is 0.226 e. The zero-order chi connectivity index (χ0) is 16.8. The van der Waals surface area contributed by atoms with Crippen molar-refractivity contribution in [3.05, 3.63) is 29.3 Å². The van der Waals surface area contributed by atoms with Gasteiger partial charge in [-0.05, 0) is 57.4 Å². The van der Waals surface area contributed by atoms with Gasteiger partial charge in [-0.1, -0.05) is 12.1 Å². The standard InChI is InChI=1S/C19H30N2O2/c1-5-21(6-2)19(22)17-8-7-11-20(14-17)13-16-9-10-18(23-4)15(3)12-16/h9-10,12,17H,5-8,11,13-14H2,1-4H3/t17-/m0/s1. The molecule has 128 valence electrons. The quantitative estimate of drug-likeness (QED) is 0.808. The van der Waals surface area contributed by atoms with Gasteiger partial charge in [0.1, 0.15) is 5.75 Å². The lowest BCUT2D eigenvalue weighted by Gasteiger charge is -2.34. The summed E-state index contributed by atoms with van der Waals surface area (Å²) in [6.45, 7) is 10.7. The number of aryl methyl sites for hydroxylation is 1. The van der Waals surface area contributed by atoms with Crippen LogP contribution in [0.1, 0.15) is 37.8 Å². The Labute approximate surface area is 140 Å². The normalized spacial score (nSPS) is 18.7. The lowest BCUT2D eigenvalue weighted by atomic mass is 9.96. The van der Waals surface area contributed by atoms with Crippen molar-refractivity contribution >= 4 is 5.91 Å². The molecule has 0 unspecified atom stereocenters. The Morgan fingerprint density at radius 1 is 1.35 bits per heavy atom. The summed E-state index contributed by atoms with van der Waals surface area (Å²) in [6, 6.07) is 6.35. The van der Waals surface area contributed by atoms with Gasteiger partial charge in [-0.2, -0.15) is 0 Å². The highest BCUT2D eigenvalue weighted by atomic mass is 16.5. The van der Waals surface area contributed by atoms with E-state index in [4.69, 9.17) is 4.74 Å². The number of carbonyl (C=O) groups is 1. The molecule has 1 fully saturated rings. The molecule has 0 N–H and O–H groups in total. The van der Waals surface area contributed by atoms with Crippen molar-refractivity contribution in [2.75, 3.05) is 33.3 Å². The van der Waals surface area contributed by atoms with Crippen molar-refractivity contribution in [3.63, 3.8) is 0 Å². The number of benzene rings is 1. The minimum absolute atomic E-state index is 0.156. The predicted octanol–water partition coefficient (Wildman–Crippen LogP) is 3.08. The molecule has 1 saturated heterocycles. The molecule has 1 atom stereocenters. The number of methoxy groups -OCH3 is 1. The Hall–Kier alpha value is -1.55. The second-order valence-corrected chi connectivity index (χ2v) is 6.39. The highest BCUT2D eigenvalue weighted by Gasteiger charge is 2.28. The molecular formula is C19H30N2O2. The van der Waals surface area contributed by atoms with E-state index in [2.05, 4.69) is 37.8 Å². The fourth-order valence-electron chi connectivity index (χ4n) is 3.49. The topological polar surface area (TPSA) is 32.8 Å². The summed E-state index contributed by atoms with van der Waals surface area (Å²) in [6.07, 6.45) is 2.13. The Morgan fingerprint density at radius 2 is 2.09 bits per heavy atom. The number of hydrogen-bond donors (Lipinski definition) is 0. The molecular weight excluding hydrogens is 288 g/mol. The van der Waals surface area contributed by atoms with Crippen molar-refractivity contribution in [2.24, 2.45) is 5.92 Å². The number of rotatable bonds is 6. The molecule has 0 radical (unpaired) electrons. The minimum atomic E-state index is 0.156. The first-order valence-electron chi connectivity index (χ1n) is 8.73. The Morgan fingerprint density at radius 3 is 2.70 bits per heavy atom. The van der Waals surface area contributed by atoms with Crippen molar-refractivity contribution in [1.82, 2.24) is 9.80 Å². The SMILES string of the molecule is CCN(CC)C(=O)[C@H]1CCCN(Cc2ccc(OC)c(C)c2)C1. The molecule has 2 rings (SSSR count). The van der Waals surface area contributed by atoms with Crippen LogP contribution in [0.3, 0.4) is 0 Å². The van der Waals surface area contributed by atoms with Gasteiger partial charge in [0.15, 0.2) is 0 Å². The van der Waals surface area contributed by atoms with Gasteiger partial charge in [0.05, 0.1) is 13.0 Å². The first-order valence-corrected chi connectivity index (χ1v) is 8.73. The largest absolute Gasteiger partial charge is 0.496 e. The van der Waals surface area contributed by atoms with E-state index >= 15 is 0 Å². The fraction of sp³-hybridized carbons (Fsp3) is 0.632. The maximum absolute atomic E-state index is 12.6. The van der Waals surface area contributed by atoms with Gasteiger partial charge in [-0.15, -0.1) is 0 Å². The van der Waals surface area contributed by atoms with E-state index in [0.29, 0.717) is 5.91 Å².